The highest BCUT2D eigenvalue weighted by atomic mass is 35.5. The molecule has 0 aliphatic carbocycles. The van der Waals surface area contributed by atoms with Crippen LogP contribution in [0, 0.1) is 0 Å². The van der Waals surface area contributed by atoms with Crippen LogP contribution in [0.5, 0.6) is 0 Å². The lowest BCUT2D eigenvalue weighted by Gasteiger charge is -2.23. The van der Waals surface area contributed by atoms with Gasteiger partial charge in [-0.15, -0.1) is 10.2 Å². The molecule has 0 unspecified atom stereocenters. The molecule has 4 nitrogen and oxygen atoms in total. The summed E-state index contributed by atoms with van der Waals surface area (Å²) in [7, 11) is 0. The van der Waals surface area contributed by atoms with Crippen molar-refractivity contribution in [3.8, 4) is 0 Å². The van der Waals surface area contributed by atoms with Crippen LogP contribution in [-0.2, 0) is 0 Å². The Labute approximate surface area is 97.6 Å². The molecule has 1 aromatic heterocycles. The zero-order valence-electron chi connectivity index (χ0n) is 8.03. The van der Waals surface area contributed by atoms with Gasteiger partial charge in [-0.1, -0.05) is 11.6 Å². The van der Waals surface area contributed by atoms with Crippen molar-refractivity contribution in [3.63, 3.8) is 0 Å². The molecule has 80 valence electrons. The van der Waals surface area contributed by atoms with E-state index in [9.17, 15) is 0 Å². The normalized spacial score (nSPS) is 28.8. The van der Waals surface area contributed by atoms with E-state index in [0.717, 1.165) is 0 Å². The van der Waals surface area contributed by atoms with Gasteiger partial charge in [-0.2, -0.15) is 4.98 Å². The van der Waals surface area contributed by atoms with Crippen molar-refractivity contribution < 1.29 is 0 Å². The average molecular weight is 245 g/mol. The van der Waals surface area contributed by atoms with Crippen molar-refractivity contribution in [2.45, 2.75) is 37.8 Å². The third-order valence-corrected chi connectivity index (χ3v) is 3.71. The molecular formula is C9H10Cl2N4. The summed E-state index contributed by atoms with van der Waals surface area (Å²) in [6.07, 6.45) is 4.90. The van der Waals surface area contributed by atoms with Crippen LogP contribution in [0.4, 0.5) is 5.82 Å². The molecule has 3 rings (SSSR count). The van der Waals surface area contributed by atoms with E-state index in [4.69, 9.17) is 23.2 Å². The molecule has 6 heteroatoms. The lowest BCUT2D eigenvalue weighted by atomic mass is 10.0. The van der Waals surface area contributed by atoms with E-state index in [1.807, 2.05) is 0 Å². The zero-order valence-corrected chi connectivity index (χ0v) is 9.54. The topological polar surface area (TPSA) is 41.9 Å². The van der Waals surface area contributed by atoms with Crippen molar-refractivity contribution in [1.29, 1.82) is 0 Å². The highest BCUT2D eigenvalue weighted by molar-refractivity contribution is 6.32. The van der Waals surface area contributed by atoms with Crippen LogP contribution in [0.3, 0.4) is 0 Å². The minimum atomic E-state index is 0.167. The lowest BCUT2D eigenvalue weighted by molar-refractivity contribution is 0.576. The summed E-state index contributed by atoms with van der Waals surface area (Å²) in [5, 5.41) is 7.95. The van der Waals surface area contributed by atoms with E-state index in [1.165, 1.54) is 25.7 Å². The molecule has 2 bridgehead atoms. The van der Waals surface area contributed by atoms with Crippen LogP contribution in [-0.4, -0.2) is 27.3 Å². The lowest BCUT2D eigenvalue weighted by Crippen LogP contribution is -2.29. The largest absolute Gasteiger partial charge is 0.348 e. The Kier molecular flexibility index (Phi) is 2.21. The Bertz CT molecular complexity index is 378. The van der Waals surface area contributed by atoms with Crippen LogP contribution in [0.2, 0.25) is 10.4 Å². The summed E-state index contributed by atoms with van der Waals surface area (Å²) in [5.41, 5.74) is 0. The Morgan fingerprint density at radius 3 is 2.20 bits per heavy atom. The first-order valence-electron chi connectivity index (χ1n) is 5.10. The Morgan fingerprint density at radius 2 is 1.60 bits per heavy atom. The number of nitrogens with zero attached hydrogens (tertiary/aromatic N) is 4. The second-order valence-electron chi connectivity index (χ2n) is 4.06. The minimum absolute atomic E-state index is 0.167. The van der Waals surface area contributed by atoms with Gasteiger partial charge in [0.15, 0.2) is 11.0 Å². The van der Waals surface area contributed by atoms with Gasteiger partial charge in [0.05, 0.1) is 0 Å². The summed E-state index contributed by atoms with van der Waals surface area (Å²) in [5.74, 6) is 0.710. The van der Waals surface area contributed by atoms with Gasteiger partial charge in [-0.05, 0) is 37.3 Å². The fourth-order valence-corrected chi connectivity index (χ4v) is 3.00. The molecule has 0 amide bonds. The fourth-order valence-electron chi connectivity index (χ4n) is 2.71. The van der Waals surface area contributed by atoms with Crippen molar-refractivity contribution in [2.24, 2.45) is 0 Å². The number of aromatic nitrogens is 3. The smallest absolute Gasteiger partial charge is 0.245 e. The zero-order chi connectivity index (χ0) is 10.4. The van der Waals surface area contributed by atoms with Crippen LogP contribution in [0.1, 0.15) is 25.7 Å². The first-order valence-corrected chi connectivity index (χ1v) is 5.85. The molecule has 3 heterocycles. The summed E-state index contributed by atoms with van der Waals surface area (Å²) in [6.45, 7) is 0. The number of rotatable bonds is 1. The van der Waals surface area contributed by atoms with Crippen LogP contribution in [0.25, 0.3) is 0 Å². The molecule has 0 radical (unpaired) electrons. The Morgan fingerprint density at radius 1 is 1.00 bits per heavy atom. The second-order valence-corrected chi connectivity index (χ2v) is 4.76. The number of halogens is 2. The average Bonchev–Trinajstić information content (AvgIpc) is 2.81. The SMILES string of the molecule is Clc1nnc(Cl)c(N2C3CCC2CC3)n1. The molecule has 0 spiro atoms. The van der Waals surface area contributed by atoms with E-state index in [1.54, 1.807) is 0 Å². The Balaban J connectivity index is 2.02. The highest BCUT2D eigenvalue weighted by Crippen LogP contribution is 2.41. The third-order valence-electron chi connectivity index (χ3n) is 3.30. The third kappa shape index (κ3) is 1.47. The molecule has 2 saturated heterocycles. The molecule has 0 atom stereocenters. The van der Waals surface area contributed by atoms with E-state index in [2.05, 4.69) is 20.1 Å². The summed E-state index contributed by atoms with van der Waals surface area (Å²) in [4.78, 5) is 6.45. The molecular weight excluding hydrogens is 235 g/mol. The first kappa shape index (κ1) is 9.60. The standard InChI is InChI=1S/C9H10Cl2N4/c10-7-8(12-9(11)14-13-7)15-5-1-2-6(15)4-3-5/h5-6H,1-4H2. The van der Waals surface area contributed by atoms with Gasteiger partial charge in [-0.25, -0.2) is 0 Å². The predicted octanol–water partition coefficient (Wildman–Crippen LogP) is 2.31. The maximum atomic E-state index is 6.00. The minimum Gasteiger partial charge on any atom is -0.348 e. The number of hydrogen-bond acceptors (Lipinski definition) is 4. The fraction of sp³-hybridized carbons (Fsp3) is 0.667. The molecule has 0 N–H and O–H groups in total. The van der Waals surface area contributed by atoms with E-state index >= 15 is 0 Å². The predicted molar refractivity (Wildman–Crippen MR) is 58.4 cm³/mol. The molecule has 15 heavy (non-hydrogen) atoms. The number of fused-ring (bicyclic) bond motifs is 2. The molecule has 1 aromatic rings. The summed E-state index contributed by atoms with van der Waals surface area (Å²) >= 11 is 11.7. The monoisotopic (exact) mass is 244 g/mol. The second kappa shape index (κ2) is 3.46. The molecule has 2 aliphatic heterocycles. The van der Waals surface area contributed by atoms with Gasteiger partial charge in [-0.3, -0.25) is 0 Å². The van der Waals surface area contributed by atoms with Crippen LogP contribution < -0.4 is 4.90 Å². The van der Waals surface area contributed by atoms with Crippen LogP contribution in [0.15, 0.2) is 0 Å². The van der Waals surface area contributed by atoms with Crippen molar-refractivity contribution in [1.82, 2.24) is 15.2 Å². The highest BCUT2D eigenvalue weighted by Gasteiger charge is 2.41. The van der Waals surface area contributed by atoms with E-state index in [-0.39, 0.29) is 5.28 Å². The maximum absolute atomic E-state index is 6.00. The van der Waals surface area contributed by atoms with Crippen LogP contribution >= 0.6 is 23.2 Å². The number of anilines is 1. The van der Waals surface area contributed by atoms with Gasteiger partial charge in [0.1, 0.15) is 0 Å². The van der Waals surface area contributed by atoms with Gasteiger partial charge in [0.2, 0.25) is 5.28 Å². The first-order chi connectivity index (χ1) is 7.25. The van der Waals surface area contributed by atoms with E-state index < -0.39 is 0 Å². The summed E-state index contributed by atoms with van der Waals surface area (Å²) in [6, 6.07) is 1.14. The van der Waals surface area contributed by atoms with Gasteiger partial charge in [0.25, 0.3) is 0 Å². The Hall–Kier alpha value is -0.610. The molecule has 2 fully saturated rings. The summed E-state index contributed by atoms with van der Waals surface area (Å²) < 4.78 is 0. The van der Waals surface area contributed by atoms with E-state index in [0.29, 0.717) is 23.1 Å². The molecule has 0 aromatic carbocycles. The van der Waals surface area contributed by atoms with Crippen molar-refractivity contribution in [2.75, 3.05) is 4.90 Å². The molecule has 2 aliphatic rings. The maximum Gasteiger partial charge on any atom is 0.245 e. The molecule has 0 saturated carbocycles. The van der Waals surface area contributed by atoms with Crippen molar-refractivity contribution in [3.05, 3.63) is 10.4 Å². The van der Waals surface area contributed by atoms with Gasteiger partial charge in [0, 0.05) is 12.1 Å². The van der Waals surface area contributed by atoms with Gasteiger partial charge >= 0.3 is 0 Å². The van der Waals surface area contributed by atoms with Crippen molar-refractivity contribution >= 4 is 29.0 Å². The van der Waals surface area contributed by atoms with Gasteiger partial charge < -0.3 is 4.90 Å². The number of hydrogen-bond donors (Lipinski definition) is 0. The quantitative estimate of drug-likeness (QED) is 0.761.